The number of anilines is 1. The van der Waals surface area contributed by atoms with Crippen LogP contribution in [-0.2, 0) is 0 Å². The number of carboxylic acid groups (broad SMARTS) is 1. The fraction of sp³-hybridized carbons (Fsp3) is 0.500. The predicted octanol–water partition coefficient (Wildman–Crippen LogP) is 2.25. The van der Waals surface area contributed by atoms with E-state index < -0.39 is 5.97 Å². The van der Waals surface area contributed by atoms with Gasteiger partial charge in [0.15, 0.2) is 0 Å². The molecule has 0 amide bonds. The van der Waals surface area contributed by atoms with Gasteiger partial charge in [-0.25, -0.2) is 9.78 Å². The van der Waals surface area contributed by atoms with E-state index >= 15 is 0 Å². The van der Waals surface area contributed by atoms with E-state index in [1.807, 2.05) is 18.7 Å². The topological polar surface area (TPSA) is 62.2 Å². The lowest BCUT2D eigenvalue weighted by Gasteiger charge is -2.11. The quantitative estimate of drug-likeness (QED) is 0.860. The molecule has 0 aliphatic carbocycles. The van der Waals surface area contributed by atoms with Crippen molar-refractivity contribution in [1.29, 1.82) is 0 Å². The van der Waals surface area contributed by atoms with Crippen LogP contribution >= 0.6 is 11.8 Å². The molecule has 1 saturated heterocycles. The first kappa shape index (κ1) is 12.2. The Labute approximate surface area is 105 Å². The van der Waals surface area contributed by atoms with E-state index in [1.165, 1.54) is 17.9 Å². The molecule has 0 spiro atoms. The summed E-state index contributed by atoms with van der Waals surface area (Å²) >= 11 is 1.97. The number of hydrogen-bond donors (Lipinski definition) is 2. The first-order chi connectivity index (χ1) is 8.15. The molecule has 1 aromatic heterocycles. The number of rotatable bonds is 4. The Bertz CT molecular complexity index is 417. The van der Waals surface area contributed by atoms with Crippen LogP contribution in [0.4, 0.5) is 5.82 Å². The Morgan fingerprint density at radius 3 is 3.12 bits per heavy atom. The fourth-order valence-electron chi connectivity index (χ4n) is 1.88. The molecular weight excluding hydrogens is 236 g/mol. The molecule has 2 rings (SSSR count). The number of carboxylic acids is 1. The van der Waals surface area contributed by atoms with Crippen molar-refractivity contribution in [2.45, 2.75) is 13.3 Å². The third-order valence-corrected chi connectivity index (χ3v) is 4.03. The van der Waals surface area contributed by atoms with Gasteiger partial charge in [-0.2, -0.15) is 11.8 Å². The van der Waals surface area contributed by atoms with Crippen molar-refractivity contribution in [2.75, 3.05) is 23.4 Å². The number of hydrogen-bond acceptors (Lipinski definition) is 4. The van der Waals surface area contributed by atoms with Crippen LogP contribution < -0.4 is 5.32 Å². The molecule has 92 valence electrons. The van der Waals surface area contributed by atoms with Gasteiger partial charge in [-0.3, -0.25) is 0 Å². The number of thioether (sulfide) groups is 1. The van der Waals surface area contributed by atoms with Gasteiger partial charge >= 0.3 is 5.97 Å². The number of nitrogens with one attached hydrogen (secondary N) is 1. The summed E-state index contributed by atoms with van der Waals surface area (Å²) in [5.41, 5.74) is 1.02. The van der Waals surface area contributed by atoms with Gasteiger partial charge in [0.25, 0.3) is 0 Å². The molecule has 1 aliphatic rings. The summed E-state index contributed by atoms with van der Waals surface area (Å²) in [5.74, 6) is 2.85. The minimum Gasteiger partial charge on any atom is -0.478 e. The zero-order valence-electron chi connectivity index (χ0n) is 9.77. The SMILES string of the molecule is Cc1cc(C(=O)O)cc(NCC2CCSC2)n1. The smallest absolute Gasteiger partial charge is 0.335 e. The molecule has 0 bridgehead atoms. The van der Waals surface area contributed by atoms with E-state index in [2.05, 4.69) is 10.3 Å². The summed E-state index contributed by atoms with van der Waals surface area (Å²) in [7, 11) is 0. The summed E-state index contributed by atoms with van der Waals surface area (Å²) in [5, 5.41) is 12.2. The first-order valence-electron chi connectivity index (χ1n) is 5.69. The van der Waals surface area contributed by atoms with Gasteiger partial charge in [0, 0.05) is 12.2 Å². The van der Waals surface area contributed by atoms with Gasteiger partial charge < -0.3 is 10.4 Å². The van der Waals surface area contributed by atoms with Crippen LogP contribution in [0.2, 0.25) is 0 Å². The van der Waals surface area contributed by atoms with Gasteiger partial charge in [0.05, 0.1) is 5.56 Å². The molecule has 1 atom stereocenters. The molecule has 2 N–H and O–H groups in total. The second-order valence-electron chi connectivity index (χ2n) is 4.30. The zero-order chi connectivity index (χ0) is 12.3. The molecule has 1 unspecified atom stereocenters. The maximum Gasteiger partial charge on any atom is 0.335 e. The monoisotopic (exact) mass is 252 g/mol. The average Bonchev–Trinajstić information content (AvgIpc) is 2.78. The molecule has 1 aliphatic heterocycles. The predicted molar refractivity (Wildman–Crippen MR) is 69.9 cm³/mol. The summed E-state index contributed by atoms with van der Waals surface area (Å²) in [6.45, 7) is 2.69. The maximum absolute atomic E-state index is 10.9. The molecule has 17 heavy (non-hydrogen) atoms. The van der Waals surface area contributed by atoms with Crippen LogP contribution in [-0.4, -0.2) is 34.1 Å². The van der Waals surface area contributed by atoms with Gasteiger partial charge in [-0.15, -0.1) is 0 Å². The summed E-state index contributed by atoms with van der Waals surface area (Å²) in [6.07, 6.45) is 1.23. The Morgan fingerprint density at radius 1 is 1.65 bits per heavy atom. The van der Waals surface area contributed by atoms with Crippen LogP contribution in [0, 0.1) is 12.8 Å². The molecule has 0 saturated carbocycles. The van der Waals surface area contributed by atoms with E-state index in [9.17, 15) is 4.79 Å². The number of aromatic carboxylic acids is 1. The van der Waals surface area contributed by atoms with Crippen molar-refractivity contribution in [3.8, 4) is 0 Å². The Morgan fingerprint density at radius 2 is 2.47 bits per heavy atom. The molecule has 1 aromatic rings. The highest BCUT2D eigenvalue weighted by atomic mass is 32.2. The minimum atomic E-state index is -0.907. The van der Waals surface area contributed by atoms with Crippen LogP contribution in [0.3, 0.4) is 0 Å². The number of pyridine rings is 1. The summed E-state index contributed by atoms with van der Waals surface area (Å²) < 4.78 is 0. The van der Waals surface area contributed by atoms with E-state index in [-0.39, 0.29) is 0 Å². The van der Waals surface area contributed by atoms with Crippen molar-refractivity contribution >= 4 is 23.5 Å². The molecule has 2 heterocycles. The largest absolute Gasteiger partial charge is 0.478 e. The highest BCUT2D eigenvalue weighted by molar-refractivity contribution is 7.99. The van der Waals surface area contributed by atoms with E-state index in [1.54, 1.807) is 12.1 Å². The van der Waals surface area contributed by atoms with Crippen molar-refractivity contribution in [3.05, 3.63) is 23.4 Å². The molecule has 0 aromatic carbocycles. The number of nitrogens with zero attached hydrogens (tertiary/aromatic N) is 1. The maximum atomic E-state index is 10.9. The minimum absolute atomic E-state index is 0.292. The summed E-state index contributed by atoms with van der Waals surface area (Å²) in [6, 6.07) is 3.18. The highest BCUT2D eigenvalue weighted by Crippen LogP contribution is 2.23. The van der Waals surface area contributed by atoms with Crippen LogP contribution in [0.1, 0.15) is 22.5 Å². The average molecular weight is 252 g/mol. The normalized spacial score (nSPS) is 19.2. The van der Waals surface area contributed by atoms with E-state index in [0.717, 1.165) is 12.2 Å². The van der Waals surface area contributed by atoms with Gasteiger partial charge in [0.2, 0.25) is 0 Å². The van der Waals surface area contributed by atoms with Crippen LogP contribution in [0.5, 0.6) is 0 Å². The lowest BCUT2D eigenvalue weighted by molar-refractivity contribution is 0.0696. The second-order valence-corrected chi connectivity index (χ2v) is 5.45. The molecular formula is C12H16N2O2S. The Kier molecular flexibility index (Phi) is 3.89. The van der Waals surface area contributed by atoms with Crippen molar-refractivity contribution in [1.82, 2.24) is 4.98 Å². The Balaban J connectivity index is 2.01. The standard InChI is InChI=1S/C12H16N2O2S/c1-8-4-10(12(15)16)5-11(14-8)13-6-9-2-3-17-7-9/h4-5,9H,2-3,6-7H2,1H3,(H,13,14)(H,15,16). The van der Waals surface area contributed by atoms with Crippen LogP contribution in [0.25, 0.3) is 0 Å². The molecule has 1 fully saturated rings. The van der Waals surface area contributed by atoms with Crippen molar-refractivity contribution in [2.24, 2.45) is 5.92 Å². The Hall–Kier alpha value is -1.23. The summed E-state index contributed by atoms with van der Waals surface area (Å²) in [4.78, 5) is 15.2. The van der Waals surface area contributed by atoms with Gasteiger partial charge in [-0.05, 0) is 42.9 Å². The first-order valence-corrected chi connectivity index (χ1v) is 6.84. The molecule has 0 radical (unpaired) electrons. The second kappa shape index (κ2) is 5.40. The van der Waals surface area contributed by atoms with Crippen molar-refractivity contribution in [3.63, 3.8) is 0 Å². The van der Waals surface area contributed by atoms with Crippen molar-refractivity contribution < 1.29 is 9.90 Å². The third-order valence-electron chi connectivity index (χ3n) is 2.80. The molecule has 5 heteroatoms. The van der Waals surface area contributed by atoms with Crippen LogP contribution in [0.15, 0.2) is 12.1 Å². The van der Waals surface area contributed by atoms with Gasteiger partial charge in [-0.1, -0.05) is 0 Å². The zero-order valence-corrected chi connectivity index (χ0v) is 10.6. The fourth-order valence-corrected chi connectivity index (χ4v) is 3.16. The number of aromatic nitrogens is 1. The van der Waals surface area contributed by atoms with E-state index in [4.69, 9.17) is 5.11 Å². The highest BCUT2D eigenvalue weighted by Gasteiger charge is 2.15. The number of carbonyl (C=O) groups is 1. The van der Waals surface area contributed by atoms with Gasteiger partial charge in [0.1, 0.15) is 5.82 Å². The lowest BCUT2D eigenvalue weighted by atomic mass is 10.1. The third kappa shape index (κ3) is 3.36. The van der Waals surface area contributed by atoms with E-state index in [0.29, 0.717) is 17.3 Å². The molecule has 4 nitrogen and oxygen atoms in total. The lowest BCUT2D eigenvalue weighted by Crippen LogP contribution is -2.15. The number of aryl methyl sites for hydroxylation is 1.